The predicted molar refractivity (Wildman–Crippen MR) is 44.9 cm³/mol. The van der Waals surface area contributed by atoms with Crippen molar-refractivity contribution < 1.29 is 0 Å². The van der Waals surface area contributed by atoms with Gasteiger partial charge in [-0.15, -0.1) is 0 Å². The van der Waals surface area contributed by atoms with Gasteiger partial charge < -0.3 is 10.3 Å². The average molecular weight is 151 g/mol. The molecule has 0 bridgehead atoms. The van der Waals surface area contributed by atoms with E-state index >= 15 is 0 Å². The molecule has 0 aliphatic heterocycles. The summed E-state index contributed by atoms with van der Waals surface area (Å²) >= 11 is 0. The molecule has 3 heteroatoms. The van der Waals surface area contributed by atoms with Crippen molar-refractivity contribution in [2.45, 2.75) is 20.0 Å². The van der Waals surface area contributed by atoms with E-state index in [4.69, 9.17) is 5.73 Å². The van der Waals surface area contributed by atoms with Crippen LogP contribution in [0.15, 0.2) is 24.7 Å². The van der Waals surface area contributed by atoms with E-state index in [-0.39, 0.29) is 0 Å². The summed E-state index contributed by atoms with van der Waals surface area (Å²) in [6, 6.07) is 0. The number of allylic oxidation sites excluding steroid dienone is 1. The van der Waals surface area contributed by atoms with Crippen LogP contribution >= 0.6 is 0 Å². The van der Waals surface area contributed by atoms with E-state index in [2.05, 4.69) is 11.6 Å². The zero-order valence-corrected chi connectivity index (χ0v) is 6.75. The summed E-state index contributed by atoms with van der Waals surface area (Å²) in [5.41, 5.74) is 7.64. The number of nitrogens with zero attached hydrogens (tertiary/aromatic N) is 2. The molecule has 3 nitrogen and oxygen atoms in total. The van der Waals surface area contributed by atoms with Gasteiger partial charge in [-0.2, -0.15) is 0 Å². The van der Waals surface area contributed by atoms with Gasteiger partial charge in [0.05, 0.1) is 12.0 Å². The van der Waals surface area contributed by atoms with Crippen LogP contribution in [0.4, 0.5) is 0 Å². The highest BCUT2D eigenvalue weighted by atomic mass is 15.0. The van der Waals surface area contributed by atoms with E-state index in [1.165, 1.54) is 0 Å². The van der Waals surface area contributed by atoms with Gasteiger partial charge in [0, 0.05) is 19.3 Å². The Morgan fingerprint density at radius 2 is 2.55 bits per heavy atom. The first-order valence-corrected chi connectivity index (χ1v) is 3.57. The highest BCUT2D eigenvalue weighted by molar-refractivity contribution is 5.01. The summed E-state index contributed by atoms with van der Waals surface area (Å²) in [5, 5.41) is 0. The molecule has 0 atom stereocenters. The molecule has 1 aromatic heterocycles. The molecule has 1 heterocycles. The maximum Gasteiger partial charge on any atom is 0.0951 e. The molecule has 0 amide bonds. The monoisotopic (exact) mass is 151 g/mol. The van der Waals surface area contributed by atoms with Gasteiger partial charge in [0.25, 0.3) is 0 Å². The fraction of sp³-hybridized carbons (Fsp3) is 0.375. The van der Waals surface area contributed by atoms with Gasteiger partial charge in [0.2, 0.25) is 0 Å². The molecule has 0 spiro atoms. The summed E-state index contributed by atoms with van der Waals surface area (Å²) in [7, 11) is 0. The fourth-order valence-electron chi connectivity index (χ4n) is 0.951. The first-order valence-electron chi connectivity index (χ1n) is 3.57. The van der Waals surface area contributed by atoms with Gasteiger partial charge in [-0.3, -0.25) is 0 Å². The molecule has 60 valence electrons. The quantitative estimate of drug-likeness (QED) is 0.653. The molecular formula is C8H13N3. The van der Waals surface area contributed by atoms with E-state index in [9.17, 15) is 0 Å². The van der Waals surface area contributed by atoms with Crippen molar-refractivity contribution in [1.29, 1.82) is 0 Å². The maximum absolute atomic E-state index is 5.48. The summed E-state index contributed by atoms with van der Waals surface area (Å²) in [4.78, 5) is 3.99. The van der Waals surface area contributed by atoms with Crippen LogP contribution in [0, 0.1) is 0 Å². The molecule has 0 saturated heterocycles. The Hall–Kier alpha value is -1.09. The van der Waals surface area contributed by atoms with Crippen LogP contribution in [-0.2, 0) is 13.1 Å². The Morgan fingerprint density at radius 1 is 1.82 bits per heavy atom. The van der Waals surface area contributed by atoms with E-state index in [1.54, 1.807) is 12.5 Å². The Kier molecular flexibility index (Phi) is 2.44. The van der Waals surface area contributed by atoms with Gasteiger partial charge in [-0.05, 0) is 6.92 Å². The molecule has 0 radical (unpaired) electrons. The molecule has 0 unspecified atom stereocenters. The number of rotatable bonds is 3. The second-order valence-corrected chi connectivity index (χ2v) is 2.67. The van der Waals surface area contributed by atoms with Gasteiger partial charge in [0.1, 0.15) is 0 Å². The lowest BCUT2D eigenvalue weighted by atomic mass is 10.3. The lowest BCUT2D eigenvalue weighted by Gasteiger charge is -2.04. The highest BCUT2D eigenvalue weighted by Gasteiger charge is 1.97. The molecule has 0 aromatic carbocycles. The first-order chi connectivity index (χ1) is 5.24. The van der Waals surface area contributed by atoms with E-state index in [0.29, 0.717) is 6.54 Å². The van der Waals surface area contributed by atoms with Crippen LogP contribution in [0.1, 0.15) is 12.6 Å². The summed E-state index contributed by atoms with van der Waals surface area (Å²) in [6.45, 7) is 7.15. The standard InChI is InChI=1S/C8H13N3/c1-7(2)5-11-6-10-4-8(11)3-9/h4,6H,1,3,5,9H2,2H3. The maximum atomic E-state index is 5.48. The minimum absolute atomic E-state index is 0.535. The van der Waals surface area contributed by atoms with Crippen LogP contribution in [0.25, 0.3) is 0 Å². The van der Waals surface area contributed by atoms with Gasteiger partial charge >= 0.3 is 0 Å². The number of hydrogen-bond acceptors (Lipinski definition) is 2. The summed E-state index contributed by atoms with van der Waals surface area (Å²) in [6.07, 6.45) is 3.56. The molecule has 1 aromatic rings. The van der Waals surface area contributed by atoms with E-state index in [0.717, 1.165) is 17.8 Å². The Bertz CT molecular complexity index is 250. The number of nitrogens with two attached hydrogens (primary N) is 1. The second kappa shape index (κ2) is 3.34. The lowest BCUT2D eigenvalue weighted by Crippen LogP contribution is -2.06. The van der Waals surface area contributed by atoms with Crippen molar-refractivity contribution in [2.24, 2.45) is 5.73 Å². The normalized spacial score (nSPS) is 10.0. The van der Waals surface area contributed by atoms with Crippen LogP contribution in [0.5, 0.6) is 0 Å². The molecular weight excluding hydrogens is 138 g/mol. The van der Waals surface area contributed by atoms with E-state index in [1.807, 2.05) is 11.5 Å². The largest absolute Gasteiger partial charge is 0.329 e. The van der Waals surface area contributed by atoms with Crippen LogP contribution < -0.4 is 5.73 Å². The minimum atomic E-state index is 0.535. The Balaban J connectivity index is 2.76. The van der Waals surface area contributed by atoms with Crippen molar-refractivity contribution >= 4 is 0 Å². The predicted octanol–water partition coefficient (Wildman–Crippen LogP) is 0.918. The topological polar surface area (TPSA) is 43.8 Å². The van der Waals surface area contributed by atoms with Gasteiger partial charge in [0.15, 0.2) is 0 Å². The summed E-state index contributed by atoms with van der Waals surface area (Å²) in [5.74, 6) is 0. The fourth-order valence-corrected chi connectivity index (χ4v) is 0.951. The Morgan fingerprint density at radius 3 is 3.09 bits per heavy atom. The van der Waals surface area contributed by atoms with E-state index < -0.39 is 0 Å². The SMILES string of the molecule is C=C(C)Cn1cncc1CN. The zero-order valence-electron chi connectivity index (χ0n) is 6.75. The molecule has 0 aliphatic carbocycles. The third-order valence-electron chi connectivity index (χ3n) is 1.45. The van der Waals surface area contributed by atoms with Crippen molar-refractivity contribution in [2.75, 3.05) is 0 Å². The smallest absolute Gasteiger partial charge is 0.0951 e. The molecule has 0 aliphatic rings. The first kappa shape index (κ1) is 8.01. The Labute approximate surface area is 66.5 Å². The van der Waals surface area contributed by atoms with Gasteiger partial charge in [-0.25, -0.2) is 4.98 Å². The zero-order chi connectivity index (χ0) is 8.27. The van der Waals surface area contributed by atoms with Crippen LogP contribution in [0.2, 0.25) is 0 Å². The number of hydrogen-bond donors (Lipinski definition) is 1. The number of imidazole rings is 1. The van der Waals surface area contributed by atoms with Crippen molar-refractivity contribution in [1.82, 2.24) is 9.55 Å². The highest BCUT2D eigenvalue weighted by Crippen LogP contribution is 2.01. The lowest BCUT2D eigenvalue weighted by molar-refractivity contribution is 0.731. The van der Waals surface area contributed by atoms with Crippen molar-refractivity contribution in [3.63, 3.8) is 0 Å². The average Bonchev–Trinajstić information content (AvgIpc) is 2.34. The molecule has 11 heavy (non-hydrogen) atoms. The van der Waals surface area contributed by atoms with Crippen molar-refractivity contribution in [3.8, 4) is 0 Å². The van der Waals surface area contributed by atoms with Crippen molar-refractivity contribution in [3.05, 3.63) is 30.4 Å². The third-order valence-corrected chi connectivity index (χ3v) is 1.45. The summed E-state index contributed by atoms with van der Waals surface area (Å²) < 4.78 is 2.00. The third kappa shape index (κ3) is 1.91. The molecule has 0 fully saturated rings. The molecule has 1 rings (SSSR count). The van der Waals surface area contributed by atoms with Gasteiger partial charge in [-0.1, -0.05) is 12.2 Å². The minimum Gasteiger partial charge on any atom is -0.329 e. The second-order valence-electron chi connectivity index (χ2n) is 2.67. The van der Waals surface area contributed by atoms with Crippen LogP contribution in [0.3, 0.4) is 0 Å². The number of aromatic nitrogens is 2. The molecule has 0 saturated carbocycles. The molecule has 2 N–H and O–H groups in total. The van der Waals surface area contributed by atoms with Crippen LogP contribution in [-0.4, -0.2) is 9.55 Å².